The van der Waals surface area contributed by atoms with Gasteiger partial charge in [0.1, 0.15) is 6.20 Å². The first-order valence-electron chi connectivity index (χ1n) is 9.46. The second-order valence-corrected chi connectivity index (χ2v) is 7.08. The van der Waals surface area contributed by atoms with E-state index in [1.807, 2.05) is 55.0 Å². The minimum Gasteiger partial charge on any atom is -0.406 e. The molecule has 4 nitrogen and oxygen atoms in total. The number of hydrogen-bond donors (Lipinski definition) is 0. The van der Waals surface area contributed by atoms with Gasteiger partial charge in [-0.2, -0.15) is 0 Å². The maximum atomic E-state index is 4.82. The van der Waals surface area contributed by atoms with E-state index in [0.29, 0.717) is 0 Å². The smallest absolute Gasteiger partial charge is 0.397 e. The number of nitrogens with zero attached hydrogens (tertiary/aromatic N) is 4. The molecule has 5 heterocycles. The summed E-state index contributed by atoms with van der Waals surface area (Å²) in [4.78, 5) is 14.4. The van der Waals surface area contributed by atoms with Crippen LogP contribution in [-0.4, -0.2) is 21.2 Å². The van der Waals surface area contributed by atoms with Crippen LogP contribution in [-0.2, 0) is 0 Å². The minimum absolute atomic E-state index is 0.958. The first kappa shape index (κ1) is 16.6. The predicted molar refractivity (Wildman–Crippen MR) is 112 cm³/mol. The average molecular weight is 362 g/mol. The van der Waals surface area contributed by atoms with Crippen molar-refractivity contribution >= 4 is 28.5 Å². The summed E-state index contributed by atoms with van der Waals surface area (Å²) in [5.74, 6) is 0. The summed E-state index contributed by atoms with van der Waals surface area (Å²) in [5, 5.41) is 0. The van der Waals surface area contributed by atoms with E-state index in [0.717, 1.165) is 16.9 Å². The molecule has 0 spiro atoms. The van der Waals surface area contributed by atoms with Crippen molar-refractivity contribution in [3.05, 3.63) is 109 Å². The van der Waals surface area contributed by atoms with Crippen LogP contribution in [0.1, 0.15) is 18.3 Å². The monoisotopic (exact) mass is 362 g/mol. The van der Waals surface area contributed by atoms with Crippen molar-refractivity contribution in [1.82, 2.24) is 15.0 Å². The van der Waals surface area contributed by atoms with Gasteiger partial charge in [0, 0.05) is 30.4 Å². The molecule has 1 aliphatic rings. The van der Waals surface area contributed by atoms with Crippen LogP contribution in [0.15, 0.2) is 97.6 Å². The molecule has 0 aliphatic carbocycles. The molecule has 0 bridgehead atoms. The molecule has 0 amide bonds. The summed E-state index contributed by atoms with van der Waals surface area (Å²) in [6, 6.07) is 24.6. The molecule has 0 atom stereocenters. The van der Waals surface area contributed by atoms with Gasteiger partial charge in [0.15, 0.2) is 5.69 Å². The van der Waals surface area contributed by atoms with E-state index in [9.17, 15) is 0 Å². The molecule has 0 fully saturated rings. The van der Waals surface area contributed by atoms with Gasteiger partial charge in [-0.1, -0.05) is 41.9 Å². The first-order chi connectivity index (χ1) is 13.8. The lowest BCUT2D eigenvalue weighted by molar-refractivity contribution is -0.539. The highest BCUT2D eigenvalue weighted by atomic mass is 15.0. The van der Waals surface area contributed by atoms with Crippen molar-refractivity contribution in [3.63, 3.8) is 0 Å². The third-order valence-corrected chi connectivity index (χ3v) is 5.69. The Morgan fingerprint density at radius 1 is 0.679 bits per heavy atom. The Kier molecular flexibility index (Phi) is 3.87. The fourth-order valence-corrected chi connectivity index (χ4v) is 4.61. The quantitative estimate of drug-likeness (QED) is 0.525. The standard InChI is InChI=1S/C23H19BN4/c1-18-20-11-5-9-17-28(20)24(21-12-3-7-15-26-21,22-13-4-8-16-27-22)23(18)19-10-2-6-14-25-19/h2-17H,1H3. The van der Waals surface area contributed by atoms with Crippen LogP contribution in [0.25, 0.3) is 11.0 Å². The third kappa shape index (κ3) is 2.26. The van der Waals surface area contributed by atoms with Crippen molar-refractivity contribution in [2.45, 2.75) is 6.92 Å². The Morgan fingerprint density at radius 2 is 1.29 bits per heavy atom. The summed E-state index contributed by atoms with van der Waals surface area (Å²) in [5.41, 5.74) is 6.46. The topological polar surface area (TPSA) is 42.6 Å². The van der Waals surface area contributed by atoms with Crippen molar-refractivity contribution in [1.29, 1.82) is 0 Å². The summed E-state index contributed by atoms with van der Waals surface area (Å²) < 4.78 is 2.34. The van der Waals surface area contributed by atoms with E-state index < -0.39 is 6.28 Å². The highest BCUT2D eigenvalue weighted by Gasteiger charge is 2.53. The van der Waals surface area contributed by atoms with E-state index >= 15 is 0 Å². The predicted octanol–water partition coefficient (Wildman–Crippen LogP) is 2.25. The molecule has 0 saturated heterocycles. The number of fused-ring (bicyclic) bond motifs is 1. The zero-order valence-electron chi connectivity index (χ0n) is 15.6. The van der Waals surface area contributed by atoms with E-state index in [1.165, 1.54) is 16.7 Å². The molecule has 5 heteroatoms. The van der Waals surface area contributed by atoms with Crippen LogP contribution in [0.2, 0.25) is 0 Å². The summed E-state index contributed by atoms with van der Waals surface area (Å²) in [7, 11) is 0. The van der Waals surface area contributed by atoms with Gasteiger partial charge in [-0.3, -0.25) is 15.0 Å². The zero-order valence-corrected chi connectivity index (χ0v) is 15.6. The van der Waals surface area contributed by atoms with Gasteiger partial charge >= 0.3 is 6.28 Å². The largest absolute Gasteiger partial charge is 0.406 e. The number of aromatic nitrogens is 4. The van der Waals surface area contributed by atoms with Crippen LogP contribution in [0, 0.1) is 0 Å². The molecule has 4 aromatic heterocycles. The Balaban J connectivity index is 1.96. The first-order valence-corrected chi connectivity index (χ1v) is 9.46. The van der Waals surface area contributed by atoms with Crippen LogP contribution >= 0.6 is 0 Å². The van der Waals surface area contributed by atoms with Gasteiger partial charge in [0.05, 0.1) is 0 Å². The lowest BCUT2D eigenvalue weighted by Crippen LogP contribution is -2.79. The minimum atomic E-state index is -1.60. The number of hydrogen-bond acceptors (Lipinski definition) is 3. The molecule has 5 rings (SSSR count). The van der Waals surface area contributed by atoms with Crippen molar-refractivity contribution in [2.75, 3.05) is 0 Å². The van der Waals surface area contributed by atoms with Gasteiger partial charge in [0.25, 0.3) is 0 Å². The molecular weight excluding hydrogens is 343 g/mol. The molecule has 0 aromatic carbocycles. The molecule has 28 heavy (non-hydrogen) atoms. The van der Waals surface area contributed by atoms with E-state index in [4.69, 9.17) is 15.0 Å². The second-order valence-electron chi connectivity index (χ2n) is 7.08. The Bertz CT molecular complexity index is 1120. The van der Waals surface area contributed by atoms with Crippen LogP contribution in [0.5, 0.6) is 0 Å². The molecular formula is C23H19BN4. The normalized spacial score (nSPS) is 14.8. The van der Waals surface area contributed by atoms with Gasteiger partial charge in [-0.15, -0.1) is 0 Å². The van der Waals surface area contributed by atoms with Crippen molar-refractivity contribution < 1.29 is 4.48 Å². The van der Waals surface area contributed by atoms with Gasteiger partial charge < -0.3 is 4.48 Å². The summed E-state index contributed by atoms with van der Waals surface area (Å²) >= 11 is 0. The van der Waals surface area contributed by atoms with Crippen molar-refractivity contribution in [3.8, 4) is 0 Å². The zero-order chi connectivity index (χ0) is 19.0. The highest BCUT2D eigenvalue weighted by molar-refractivity contribution is 7.10. The SMILES string of the molecule is CC1=C(c2ccccn2)[B-](c2ccccn2)(c2ccccn2)[n+]2ccccc21. The van der Waals surface area contributed by atoms with E-state index in [-0.39, 0.29) is 0 Å². The summed E-state index contributed by atoms with van der Waals surface area (Å²) in [6.07, 6.45) is 6.09. The number of rotatable bonds is 3. The van der Waals surface area contributed by atoms with E-state index in [2.05, 4.69) is 54.0 Å². The van der Waals surface area contributed by atoms with Crippen LogP contribution in [0.3, 0.4) is 0 Å². The fraction of sp³-hybridized carbons (Fsp3) is 0.0435. The van der Waals surface area contributed by atoms with Gasteiger partial charge in [-0.05, 0) is 54.0 Å². The molecule has 0 radical (unpaired) electrons. The number of pyridine rings is 4. The molecule has 1 aliphatic heterocycles. The molecule has 0 saturated carbocycles. The average Bonchev–Trinajstić information content (AvgIpc) is 3.05. The molecule has 0 N–H and O–H groups in total. The maximum Gasteiger partial charge on any atom is 0.397 e. The molecule has 4 aromatic rings. The maximum absolute atomic E-state index is 4.82. The van der Waals surface area contributed by atoms with Gasteiger partial charge in [-0.25, -0.2) is 0 Å². The molecule has 134 valence electrons. The lowest BCUT2D eigenvalue weighted by Gasteiger charge is -2.33. The third-order valence-electron chi connectivity index (χ3n) is 5.69. The van der Waals surface area contributed by atoms with Crippen LogP contribution < -0.4 is 15.7 Å². The number of allylic oxidation sites excluding steroid dienone is 1. The Morgan fingerprint density at radius 3 is 1.86 bits per heavy atom. The second kappa shape index (κ2) is 6.53. The Labute approximate surface area is 164 Å². The van der Waals surface area contributed by atoms with E-state index in [1.54, 1.807) is 0 Å². The fourth-order valence-electron chi connectivity index (χ4n) is 4.61. The highest BCUT2D eigenvalue weighted by Crippen LogP contribution is 2.34. The van der Waals surface area contributed by atoms with Crippen LogP contribution in [0.4, 0.5) is 0 Å². The van der Waals surface area contributed by atoms with Gasteiger partial charge in [0.2, 0.25) is 0 Å². The van der Waals surface area contributed by atoms with Crippen molar-refractivity contribution in [2.24, 2.45) is 0 Å². The summed E-state index contributed by atoms with van der Waals surface area (Å²) in [6.45, 7) is 2.17. The lowest BCUT2D eigenvalue weighted by atomic mass is 9.26. The molecule has 0 unspecified atom stereocenters. The Hall–Kier alpha value is -3.60.